The molecule has 0 aliphatic heterocycles. The van der Waals surface area contributed by atoms with Crippen molar-refractivity contribution in [3.05, 3.63) is 27.7 Å². The molecule has 2 aromatic rings. The molecule has 0 amide bonds. The first-order chi connectivity index (χ1) is 7.11. The first-order valence-corrected chi connectivity index (χ1v) is 5.38. The van der Waals surface area contributed by atoms with Gasteiger partial charge in [0.2, 0.25) is 0 Å². The Bertz CT molecular complexity index is 518. The number of aryl methyl sites for hydroxylation is 1. The van der Waals surface area contributed by atoms with E-state index in [0.717, 1.165) is 10.4 Å². The number of aromatic nitrogens is 2. The van der Waals surface area contributed by atoms with Gasteiger partial charge in [-0.3, -0.25) is 5.10 Å². The van der Waals surface area contributed by atoms with Crippen molar-refractivity contribution in [1.29, 1.82) is 0 Å². The number of rotatable bonds is 2. The summed E-state index contributed by atoms with van der Waals surface area (Å²) in [6.45, 7) is 1.93. The fraction of sp³-hybridized carbons (Fsp3) is 0.111. The summed E-state index contributed by atoms with van der Waals surface area (Å²) >= 11 is 7.41. The molecular weight excluding hydrogens is 236 g/mol. The predicted octanol–water partition coefficient (Wildman–Crippen LogP) is 2.80. The van der Waals surface area contributed by atoms with Gasteiger partial charge in [0, 0.05) is 0 Å². The molecule has 2 rings (SSSR count). The molecule has 15 heavy (non-hydrogen) atoms. The van der Waals surface area contributed by atoms with E-state index in [1.807, 2.05) is 18.4 Å². The molecule has 78 valence electrons. The average Bonchev–Trinajstić information content (AvgIpc) is 2.71. The third kappa shape index (κ3) is 1.64. The van der Waals surface area contributed by atoms with Crippen molar-refractivity contribution >= 4 is 28.9 Å². The minimum atomic E-state index is -1.13. The monoisotopic (exact) mass is 242 g/mol. The lowest BCUT2D eigenvalue weighted by Gasteiger charge is -1.95. The van der Waals surface area contributed by atoms with E-state index in [0.29, 0.717) is 5.69 Å². The highest BCUT2D eigenvalue weighted by atomic mass is 35.5. The molecular formula is C9H7ClN2O2S. The number of aromatic amines is 1. The lowest BCUT2D eigenvalue weighted by molar-refractivity contribution is 0.0690. The number of carbonyl (C=O) groups is 1. The van der Waals surface area contributed by atoms with E-state index in [1.54, 1.807) is 0 Å². The third-order valence-electron chi connectivity index (χ3n) is 2.00. The van der Waals surface area contributed by atoms with Gasteiger partial charge in [-0.2, -0.15) is 5.10 Å². The number of thiophene rings is 1. The summed E-state index contributed by atoms with van der Waals surface area (Å²) in [5, 5.41) is 17.2. The minimum absolute atomic E-state index is 0.139. The molecule has 0 aliphatic rings. The highest BCUT2D eigenvalue weighted by Gasteiger charge is 2.19. The predicted molar refractivity (Wildman–Crippen MR) is 58.6 cm³/mol. The molecule has 0 aliphatic carbocycles. The molecule has 0 atom stereocenters. The second-order valence-electron chi connectivity index (χ2n) is 3.00. The molecule has 0 bridgehead atoms. The van der Waals surface area contributed by atoms with Crippen molar-refractivity contribution in [1.82, 2.24) is 10.2 Å². The molecule has 2 aromatic heterocycles. The van der Waals surface area contributed by atoms with Gasteiger partial charge in [-0.25, -0.2) is 4.79 Å². The Morgan fingerprint density at radius 2 is 2.40 bits per heavy atom. The van der Waals surface area contributed by atoms with Crippen LogP contribution in [0.15, 0.2) is 11.4 Å². The smallest absolute Gasteiger partial charge is 0.357 e. The van der Waals surface area contributed by atoms with Crippen molar-refractivity contribution in [3.8, 4) is 10.6 Å². The molecule has 0 fully saturated rings. The number of nitrogens with zero attached hydrogens (tertiary/aromatic N) is 1. The summed E-state index contributed by atoms with van der Waals surface area (Å²) in [7, 11) is 0. The van der Waals surface area contributed by atoms with Crippen LogP contribution in [0.2, 0.25) is 5.02 Å². The van der Waals surface area contributed by atoms with Crippen molar-refractivity contribution in [2.45, 2.75) is 6.92 Å². The van der Waals surface area contributed by atoms with Crippen LogP contribution in [0.1, 0.15) is 16.1 Å². The molecule has 6 heteroatoms. The second kappa shape index (κ2) is 3.67. The molecule has 2 N–H and O–H groups in total. The first kappa shape index (κ1) is 10.2. The molecule has 0 spiro atoms. The van der Waals surface area contributed by atoms with Gasteiger partial charge in [-0.05, 0) is 23.9 Å². The number of carboxylic acid groups (broad SMARTS) is 1. The fourth-order valence-corrected chi connectivity index (χ4v) is 2.49. The van der Waals surface area contributed by atoms with Gasteiger partial charge in [-0.15, -0.1) is 11.3 Å². The molecule has 0 saturated carbocycles. The highest BCUT2D eigenvalue weighted by molar-refractivity contribution is 7.13. The maximum Gasteiger partial charge on any atom is 0.357 e. The molecule has 0 unspecified atom stereocenters. The second-order valence-corrected chi connectivity index (χ2v) is 4.29. The standard InChI is InChI=1S/C9H7ClN2O2S/c1-4-2-3-15-8(4)6-5(10)7(9(13)14)12-11-6/h2-3H,1H3,(H,11,12)(H,13,14). The van der Waals surface area contributed by atoms with Gasteiger partial charge in [0.15, 0.2) is 5.69 Å². The summed E-state index contributed by atoms with van der Waals surface area (Å²) in [5.41, 5.74) is 1.48. The lowest BCUT2D eigenvalue weighted by Crippen LogP contribution is -1.96. The van der Waals surface area contributed by atoms with E-state index in [-0.39, 0.29) is 10.7 Å². The third-order valence-corrected chi connectivity index (χ3v) is 3.40. The van der Waals surface area contributed by atoms with Crippen LogP contribution in [0.3, 0.4) is 0 Å². The Labute approximate surface area is 94.5 Å². The topological polar surface area (TPSA) is 66.0 Å². The van der Waals surface area contributed by atoms with Crippen LogP contribution in [0.4, 0.5) is 0 Å². The largest absolute Gasteiger partial charge is 0.476 e. The zero-order valence-electron chi connectivity index (χ0n) is 7.74. The molecule has 2 heterocycles. The Balaban J connectivity index is 2.56. The number of hydrogen-bond acceptors (Lipinski definition) is 3. The van der Waals surface area contributed by atoms with Crippen LogP contribution < -0.4 is 0 Å². The van der Waals surface area contributed by atoms with Crippen LogP contribution in [-0.2, 0) is 0 Å². The average molecular weight is 243 g/mol. The summed E-state index contributed by atoms with van der Waals surface area (Å²) in [5.74, 6) is -1.13. The number of H-pyrrole nitrogens is 1. The fourth-order valence-electron chi connectivity index (χ4n) is 1.25. The maximum absolute atomic E-state index is 10.7. The van der Waals surface area contributed by atoms with Crippen molar-refractivity contribution in [2.24, 2.45) is 0 Å². The van der Waals surface area contributed by atoms with E-state index in [1.165, 1.54) is 11.3 Å². The van der Waals surface area contributed by atoms with Gasteiger partial charge in [-0.1, -0.05) is 11.6 Å². The van der Waals surface area contributed by atoms with Gasteiger partial charge < -0.3 is 5.11 Å². The van der Waals surface area contributed by atoms with E-state index in [9.17, 15) is 4.79 Å². The lowest BCUT2D eigenvalue weighted by atomic mass is 10.2. The summed E-state index contributed by atoms with van der Waals surface area (Å²) in [4.78, 5) is 11.6. The molecule has 0 saturated heterocycles. The quantitative estimate of drug-likeness (QED) is 0.851. The number of hydrogen-bond donors (Lipinski definition) is 2. The Hall–Kier alpha value is -1.33. The van der Waals surface area contributed by atoms with E-state index in [2.05, 4.69) is 10.2 Å². The minimum Gasteiger partial charge on any atom is -0.476 e. The van der Waals surface area contributed by atoms with Crippen LogP contribution in [0.25, 0.3) is 10.6 Å². The van der Waals surface area contributed by atoms with Gasteiger partial charge in [0.1, 0.15) is 5.02 Å². The van der Waals surface area contributed by atoms with Crippen LogP contribution in [-0.4, -0.2) is 21.3 Å². The van der Waals surface area contributed by atoms with Gasteiger partial charge in [0.25, 0.3) is 0 Å². The number of nitrogens with one attached hydrogen (secondary N) is 1. The number of carboxylic acids is 1. The Morgan fingerprint density at radius 3 is 2.87 bits per heavy atom. The maximum atomic E-state index is 10.7. The zero-order valence-corrected chi connectivity index (χ0v) is 9.32. The SMILES string of the molecule is Cc1ccsc1-c1[nH]nc(C(=O)O)c1Cl. The Morgan fingerprint density at radius 1 is 1.67 bits per heavy atom. The summed E-state index contributed by atoms with van der Waals surface area (Å²) in [6.07, 6.45) is 0. The van der Waals surface area contributed by atoms with Crippen molar-refractivity contribution in [2.75, 3.05) is 0 Å². The molecule has 4 nitrogen and oxygen atoms in total. The van der Waals surface area contributed by atoms with E-state index >= 15 is 0 Å². The number of aromatic carboxylic acids is 1. The van der Waals surface area contributed by atoms with Crippen LogP contribution in [0.5, 0.6) is 0 Å². The van der Waals surface area contributed by atoms with Gasteiger partial charge >= 0.3 is 5.97 Å². The highest BCUT2D eigenvalue weighted by Crippen LogP contribution is 2.34. The zero-order chi connectivity index (χ0) is 11.0. The number of halogens is 1. The van der Waals surface area contributed by atoms with Crippen LogP contribution in [0, 0.1) is 6.92 Å². The normalized spacial score (nSPS) is 10.5. The molecule has 0 radical (unpaired) electrons. The van der Waals surface area contributed by atoms with Gasteiger partial charge in [0.05, 0.1) is 10.6 Å². The van der Waals surface area contributed by atoms with E-state index < -0.39 is 5.97 Å². The van der Waals surface area contributed by atoms with E-state index in [4.69, 9.17) is 16.7 Å². The van der Waals surface area contributed by atoms with Crippen molar-refractivity contribution in [3.63, 3.8) is 0 Å². The first-order valence-electron chi connectivity index (χ1n) is 4.13. The summed E-state index contributed by atoms with van der Waals surface area (Å²) in [6, 6.07) is 1.94. The summed E-state index contributed by atoms with van der Waals surface area (Å²) < 4.78 is 0. The van der Waals surface area contributed by atoms with Crippen LogP contribution >= 0.6 is 22.9 Å². The Kier molecular flexibility index (Phi) is 2.50. The molecule has 0 aromatic carbocycles. The van der Waals surface area contributed by atoms with Crippen molar-refractivity contribution < 1.29 is 9.90 Å².